The topological polar surface area (TPSA) is 78.8 Å². The summed E-state index contributed by atoms with van der Waals surface area (Å²) in [6, 6.07) is 16.6. The number of aryl methyl sites for hydroxylation is 1. The zero-order valence-corrected chi connectivity index (χ0v) is 15.1. The summed E-state index contributed by atoms with van der Waals surface area (Å²) in [5.41, 5.74) is 2.12. The standard InChI is InChI=1S/C21H27NO4/c1-16(14-23)26-15-19(13-18-7-10-20(24)11-8-18)22-21(25)12-9-17-5-3-2-4-6-17/h2-8,10-11,16,19,23-24H,9,12-15H2,1H3,(H,22,25). The van der Waals surface area contributed by atoms with Crippen molar-refractivity contribution in [2.45, 2.75) is 38.3 Å². The predicted molar refractivity (Wildman–Crippen MR) is 101 cm³/mol. The summed E-state index contributed by atoms with van der Waals surface area (Å²) < 4.78 is 5.60. The number of phenolic OH excluding ortho intramolecular Hbond substituents is 1. The first-order valence-electron chi connectivity index (χ1n) is 8.90. The number of aliphatic hydroxyl groups excluding tert-OH is 1. The van der Waals surface area contributed by atoms with E-state index < -0.39 is 0 Å². The molecule has 0 spiro atoms. The molecular formula is C21H27NO4. The predicted octanol–water partition coefficient (Wildman–Crippen LogP) is 2.45. The molecule has 140 valence electrons. The first kappa shape index (κ1) is 19.9. The molecule has 5 heteroatoms. The SMILES string of the molecule is CC(CO)OCC(Cc1ccc(O)cc1)NC(=O)CCc1ccccc1. The van der Waals surface area contributed by atoms with Gasteiger partial charge < -0.3 is 20.3 Å². The van der Waals surface area contributed by atoms with Crippen LogP contribution >= 0.6 is 0 Å². The van der Waals surface area contributed by atoms with Gasteiger partial charge in [0.2, 0.25) is 5.91 Å². The van der Waals surface area contributed by atoms with E-state index in [1.165, 1.54) is 0 Å². The van der Waals surface area contributed by atoms with Gasteiger partial charge in [0.15, 0.2) is 0 Å². The molecule has 5 nitrogen and oxygen atoms in total. The average molecular weight is 357 g/mol. The van der Waals surface area contributed by atoms with E-state index in [1.54, 1.807) is 19.1 Å². The molecule has 2 aromatic rings. The van der Waals surface area contributed by atoms with Crippen LogP contribution in [0.3, 0.4) is 0 Å². The van der Waals surface area contributed by atoms with Gasteiger partial charge in [-0.3, -0.25) is 4.79 Å². The van der Waals surface area contributed by atoms with Crippen LogP contribution in [0.25, 0.3) is 0 Å². The first-order chi connectivity index (χ1) is 12.6. The maximum atomic E-state index is 12.3. The van der Waals surface area contributed by atoms with E-state index in [1.807, 2.05) is 42.5 Å². The smallest absolute Gasteiger partial charge is 0.220 e. The number of aliphatic hydroxyl groups is 1. The molecule has 0 aromatic heterocycles. The molecule has 26 heavy (non-hydrogen) atoms. The molecule has 0 fully saturated rings. The van der Waals surface area contributed by atoms with E-state index in [2.05, 4.69) is 5.32 Å². The molecule has 0 aliphatic rings. The maximum absolute atomic E-state index is 12.3. The molecule has 2 atom stereocenters. The fraction of sp³-hybridized carbons (Fsp3) is 0.381. The van der Waals surface area contributed by atoms with Crippen LogP contribution in [0.2, 0.25) is 0 Å². The molecule has 2 unspecified atom stereocenters. The number of carbonyl (C=O) groups is 1. The van der Waals surface area contributed by atoms with Crippen molar-refractivity contribution < 1.29 is 19.7 Å². The summed E-state index contributed by atoms with van der Waals surface area (Å²) in [5, 5.41) is 21.5. The normalized spacial score (nSPS) is 13.2. The maximum Gasteiger partial charge on any atom is 0.220 e. The average Bonchev–Trinajstić information content (AvgIpc) is 2.66. The van der Waals surface area contributed by atoms with Crippen LogP contribution in [0.1, 0.15) is 24.5 Å². The number of nitrogens with one attached hydrogen (secondary N) is 1. The number of ether oxygens (including phenoxy) is 1. The molecule has 1 amide bonds. The Morgan fingerprint density at radius 1 is 1.08 bits per heavy atom. The van der Waals surface area contributed by atoms with Crippen molar-refractivity contribution >= 4 is 5.91 Å². The lowest BCUT2D eigenvalue weighted by molar-refractivity contribution is -0.122. The monoisotopic (exact) mass is 357 g/mol. The van der Waals surface area contributed by atoms with Gasteiger partial charge in [0, 0.05) is 6.42 Å². The summed E-state index contributed by atoms with van der Waals surface area (Å²) >= 11 is 0. The minimum Gasteiger partial charge on any atom is -0.508 e. The minimum absolute atomic E-state index is 0.0297. The van der Waals surface area contributed by atoms with Crippen molar-refractivity contribution in [3.05, 3.63) is 65.7 Å². The minimum atomic E-state index is -0.279. The van der Waals surface area contributed by atoms with Crippen LogP contribution in [-0.2, 0) is 22.4 Å². The summed E-state index contributed by atoms with van der Waals surface area (Å²) in [6.45, 7) is 2.04. The van der Waals surface area contributed by atoms with Crippen molar-refractivity contribution in [1.82, 2.24) is 5.32 Å². The lowest BCUT2D eigenvalue weighted by Crippen LogP contribution is -2.41. The summed E-state index contributed by atoms with van der Waals surface area (Å²) in [6.07, 6.45) is 1.41. The molecule has 2 aromatic carbocycles. The van der Waals surface area contributed by atoms with Crippen molar-refractivity contribution in [3.63, 3.8) is 0 Å². The largest absolute Gasteiger partial charge is 0.508 e. The van der Waals surface area contributed by atoms with Crippen LogP contribution in [0.4, 0.5) is 0 Å². The lowest BCUT2D eigenvalue weighted by Gasteiger charge is -2.21. The third kappa shape index (κ3) is 7.25. The molecule has 0 saturated heterocycles. The van der Waals surface area contributed by atoms with Gasteiger partial charge in [0.1, 0.15) is 5.75 Å². The molecule has 0 radical (unpaired) electrons. The number of benzene rings is 2. The summed E-state index contributed by atoms with van der Waals surface area (Å²) in [7, 11) is 0. The highest BCUT2D eigenvalue weighted by Crippen LogP contribution is 2.12. The second-order valence-electron chi connectivity index (χ2n) is 6.45. The van der Waals surface area contributed by atoms with E-state index >= 15 is 0 Å². The van der Waals surface area contributed by atoms with Crippen molar-refractivity contribution in [2.75, 3.05) is 13.2 Å². The van der Waals surface area contributed by atoms with Gasteiger partial charge in [-0.1, -0.05) is 42.5 Å². The zero-order chi connectivity index (χ0) is 18.8. The number of hydrogen-bond donors (Lipinski definition) is 3. The molecular weight excluding hydrogens is 330 g/mol. The van der Waals surface area contributed by atoms with Gasteiger partial charge >= 0.3 is 0 Å². The number of hydrogen-bond acceptors (Lipinski definition) is 4. The van der Waals surface area contributed by atoms with Gasteiger partial charge in [-0.05, 0) is 43.0 Å². The van der Waals surface area contributed by atoms with Crippen LogP contribution in [0.15, 0.2) is 54.6 Å². The number of carbonyl (C=O) groups excluding carboxylic acids is 1. The highest BCUT2D eigenvalue weighted by Gasteiger charge is 2.15. The van der Waals surface area contributed by atoms with Crippen molar-refractivity contribution in [2.24, 2.45) is 0 Å². The van der Waals surface area contributed by atoms with E-state index in [0.717, 1.165) is 11.1 Å². The van der Waals surface area contributed by atoms with Crippen LogP contribution in [0, 0.1) is 0 Å². The van der Waals surface area contributed by atoms with E-state index in [0.29, 0.717) is 25.9 Å². The third-order valence-corrected chi connectivity index (χ3v) is 4.11. The number of aromatic hydroxyl groups is 1. The molecule has 0 aliphatic heterocycles. The van der Waals surface area contributed by atoms with E-state index in [4.69, 9.17) is 9.84 Å². The molecule has 3 N–H and O–H groups in total. The molecule has 0 bridgehead atoms. The Morgan fingerprint density at radius 3 is 2.42 bits per heavy atom. The Hall–Kier alpha value is -2.37. The van der Waals surface area contributed by atoms with E-state index in [-0.39, 0.29) is 30.4 Å². The fourth-order valence-electron chi connectivity index (χ4n) is 2.60. The number of amides is 1. The Kier molecular flexibility index (Phi) is 8.12. The fourth-order valence-corrected chi connectivity index (χ4v) is 2.60. The molecule has 0 heterocycles. The van der Waals surface area contributed by atoms with Gasteiger partial charge in [-0.15, -0.1) is 0 Å². The van der Waals surface area contributed by atoms with Crippen LogP contribution in [-0.4, -0.2) is 41.5 Å². The summed E-state index contributed by atoms with van der Waals surface area (Å²) in [4.78, 5) is 12.3. The van der Waals surface area contributed by atoms with Gasteiger partial charge in [0.05, 0.1) is 25.4 Å². The number of phenols is 1. The number of rotatable bonds is 10. The first-order valence-corrected chi connectivity index (χ1v) is 8.90. The highest BCUT2D eigenvalue weighted by molar-refractivity contribution is 5.76. The van der Waals surface area contributed by atoms with Gasteiger partial charge in [-0.25, -0.2) is 0 Å². The zero-order valence-electron chi connectivity index (χ0n) is 15.1. The summed E-state index contributed by atoms with van der Waals surface area (Å²) in [5.74, 6) is 0.181. The Labute approximate surface area is 154 Å². The van der Waals surface area contributed by atoms with Gasteiger partial charge in [-0.2, -0.15) is 0 Å². The quantitative estimate of drug-likeness (QED) is 0.610. The lowest BCUT2D eigenvalue weighted by atomic mass is 10.1. The van der Waals surface area contributed by atoms with Crippen LogP contribution in [0.5, 0.6) is 5.75 Å². The molecule has 2 rings (SSSR count). The molecule has 0 saturated carbocycles. The van der Waals surface area contributed by atoms with Crippen molar-refractivity contribution in [1.29, 1.82) is 0 Å². The Bertz CT molecular complexity index is 657. The van der Waals surface area contributed by atoms with Crippen molar-refractivity contribution in [3.8, 4) is 5.75 Å². The van der Waals surface area contributed by atoms with Gasteiger partial charge in [0.25, 0.3) is 0 Å². The van der Waals surface area contributed by atoms with Crippen LogP contribution < -0.4 is 5.32 Å². The molecule has 0 aliphatic carbocycles. The Morgan fingerprint density at radius 2 is 1.77 bits per heavy atom. The second-order valence-corrected chi connectivity index (χ2v) is 6.45. The van der Waals surface area contributed by atoms with E-state index in [9.17, 15) is 9.90 Å². The highest BCUT2D eigenvalue weighted by atomic mass is 16.5. The Balaban J connectivity index is 1.91. The second kappa shape index (κ2) is 10.6. The third-order valence-electron chi connectivity index (χ3n) is 4.11.